The molecule has 246 valence electrons. The number of hydrogen-bond donors (Lipinski definition) is 0. The number of ether oxygens (including phenoxy) is 5. The molecule has 0 aliphatic carbocycles. The Morgan fingerprint density at radius 3 is 2.45 bits per heavy atom. The van der Waals surface area contributed by atoms with E-state index in [1.54, 1.807) is 64.5 Å². The first kappa shape index (κ1) is 34.2. The Kier molecular flexibility index (Phi) is 10.7. The summed E-state index contributed by atoms with van der Waals surface area (Å²) in [6, 6.07) is 14.3. The summed E-state index contributed by atoms with van der Waals surface area (Å²) in [5, 5.41) is 0. The fourth-order valence-corrected chi connectivity index (χ4v) is 6.99. The molecule has 5 rings (SSSR count). The molecule has 0 radical (unpaired) electrons. The van der Waals surface area contributed by atoms with E-state index in [0.717, 1.165) is 9.13 Å². The lowest BCUT2D eigenvalue weighted by atomic mass is 9.95. The molecule has 0 saturated carbocycles. The van der Waals surface area contributed by atoms with Gasteiger partial charge in [-0.05, 0) is 109 Å². The van der Waals surface area contributed by atoms with Crippen molar-refractivity contribution in [3.05, 3.63) is 112 Å². The molecule has 0 amide bonds. The number of carbonyl (C=O) groups excluding carboxylic acids is 1. The molecule has 0 bridgehead atoms. The molecule has 3 aromatic carbocycles. The van der Waals surface area contributed by atoms with E-state index in [9.17, 15) is 14.0 Å². The maximum atomic E-state index is 14.2. The molecule has 1 aliphatic rings. The molecule has 1 aliphatic heterocycles. The topological polar surface area (TPSA) is 97.6 Å². The fourth-order valence-electron chi connectivity index (χ4n) is 5.16. The van der Waals surface area contributed by atoms with Gasteiger partial charge in [-0.3, -0.25) is 9.36 Å². The number of benzene rings is 3. The van der Waals surface area contributed by atoms with Crippen molar-refractivity contribution in [3.63, 3.8) is 0 Å². The number of allylic oxidation sites excluding steroid dienone is 1. The van der Waals surface area contributed by atoms with Crippen molar-refractivity contribution in [2.45, 2.75) is 46.4 Å². The van der Waals surface area contributed by atoms with Crippen LogP contribution in [0.25, 0.3) is 6.08 Å². The van der Waals surface area contributed by atoms with Crippen LogP contribution in [0.15, 0.2) is 75.7 Å². The number of rotatable bonds is 11. The number of esters is 1. The summed E-state index contributed by atoms with van der Waals surface area (Å²) in [5.74, 6) is 1.16. The van der Waals surface area contributed by atoms with Crippen molar-refractivity contribution < 1.29 is 32.9 Å². The van der Waals surface area contributed by atoms with Crippen LogP contribution in [0.1, 0.15) is 50.4 Å². The molecule has 0 spiro atoms. The molecule has 0 fully saturated rings. The number of hydrogen-bond acceptors (Lipinski definition) is 9. The first-order valence-corrected chi connectivity index (χ1v) is 16.7. The van der Waals surface area contributed by atoms with E-state index in [4.69, 9.17) is 23.7 Å². The Bertz CT molecular complexity index is 2020. The van der Waals surface area contributed by atoms with Gasteiger partial charge in [-0.2, -0.15) is 0 Å². The Hall–Kier alpha value is -4.17. The molecule has 0 saturated heterocycles. The predicted octanol–water partition coefficient (Wildman–Crippen LogP) is 5.93. The van der Waals surface area contributed by atoms with Crippen molar-refractivity contribution in [1.82, 2.24) is 4.57 Å². The largest absolute Gasteiger partial charge is 0.493 e. The van der Waals surface area contributed by atoms with E-state index < -0.39 is 12.0 Å². The third-order valence-corrected chi connectivity index (χ3v) is 9.01. The van der Waals surface area contributed by atoms with Crippen molar-refractivity contribution in [1.29, 1.82) is 0 Å². The van der Waals surface area contributed by atoms with Crippen LogP contribution in [0, 0.1) is 9.39 Å². The van der Waals surface area contributed by atoms with Gasteiger partial charge in [-0.15, -0.1) is 0 Å². The van der Waals surface area contributed by atoms with Crippen LogP contribution >= 0.6 is 33.9 Å². The minimum absolute atomic E-state index is 0.0817. The molecular formula is C35H34FIN2O7S. The molecule has 12 heteroatoms. The lowest BCUT2D eigenvalue weighted by molar-refractivity contribution is -0.139. The highest BCUT2D eigenvalue weighted by molar-refractivity contribution is 14.1. The van der Waals surface area contributed by atoms with Crippen LogP contribution in [0.5, 0.6) is 23.0 Å². The van der Waals surface area contributed by atoms with E-state index in [0.29, 0.717) is 49.2 Å². The van der Waals surface area contributed by atoms with E-state index in [1.807, 2.05) is 26.0 Å². The van der Waals surface area contributed by atoms with Crippen LogP contribution in [-0.4, -0.2) is 37.5 Å². The van der Waals surface area contributed by atoms with Crippen molar-refractivity contribution in [2.75, 3.05) is 20.8 Å². The number of nitrogens with zero attached hydrogens (tertiary/aromatic N) is 2. The van der Waals surface area contributed by atoms with Crippen molar-refractivity contribution in [2.24, 2.45) is 4.99 Å². The quantitative estimate of drug-likeness (QED) is 0.138. The van der Waals surface area contributed by atoms with Gasteiger partial charge in [0.05, 0.1) is 52.3 Å². The first-order valence-electron chi connectivity index (χ1n) is 14.8. The predicted molar refractivity (Wildman–Crippen MR) is 186 cm³/mol. The number of thiazole rings is 1. The zero-order valence-corrected chi connectivity index (χ0v) is 29.7. The normalized spacial score (nSPS) is 14.5. The number of fused-ring (bicyclic) bond motifs is 1. The second-order valence-corrected chi connectivity index (χ2v) is 13.0. The SMILES string of the molecule is CCOC(=O)C1=C(C)N=c2s/c(=C\c3cc(I)c(OCc4ccc(F)cc4)c(OC)c3)c(=O)n2[C@@H]1c1ccc(OC(C)C)c(OC)c1. The minimum atomic E-state index is -0.814. The molecule has 4 aromatic rings. The molecule has 2 heterocycles. The standard InChI is InChI=1S/C35H34FIN2O7S/c1-7-44-34(41)30-20(4)38-35-39(31(30)23-10-13-26(46-19(2)3)27(17-23)42-5)33(40)29(47-35)16-22-14-25(37)32(28(15-22)43-6)45-18-21-8-11-24(36)12-9-21/h8-17,19,31H,7,18H2,1-6H3/b29-16-/t31-/m1/s1. The van der Waals surface area contributed by atoms with Gasteiger partial charge >= 0.3 is 5.97 Å². The second-order valence-electron chi connectivity index (χ2n) is 10.8. The average molecular weight is 773 g/mol. The summed E-state index contributed by atoms with van der Waals surface area (Å²) in [6.45, 7) is 7.70. The Morgan fingerprint density at radius 2 is 1.79 bits per heavy atom. The van der Waals surface area contributed by atoms with Crippen LogP contribution in [0.3, 0.4) is 0 Å². The number of methoxy groups -OCH3 is 2. The first-order chi connectivity index (χ1) is 22.5. The highest BCUT2D eigenvalue weighted by Gasteiger charge is 2.34. The zero-order chi connectivity index (χ0) is 33.8. The third-order valence-electron chi connectivity index (χ3n) is 7.23. The number of carbonyl (C=O) groups is 1. The van der Waals surface area contributed by atoms with Crippen LogP contribution in [0.4, 0.5) is 4.39 Å². The summed E-state index contributed by atoms with van der Waals surface area (Å²) in [4.78, 5) is 32.6. The van der Waals surface area contributed by atoms with Gasteiger partial charge in [-0.1, -0.05) is 29.5 Å². The van der Waals surface area contributed by atoms with Gasteiger partial charge < -0.3 is 23.7 Å². The minimum Gasteiger partial charge on any atom is -0.493 e. The molecule has 9 nitrogen and oxygen atoms in total. The van der Waals surface area contributed by atoms with E-state index in [1.165, 1.54) is 28.0 Å². The van der Waals surface area contributed by atoms with E-state index in [2.05, 4.69) is 27.6 Å². The van der Waals surface area contributed by atoms with Gasteiger partial charge in [0, 0.05) is 0 Å². The highest BCUT2D eigenvalue weighted by atomic mass is 127. The van der Waals surface area contributed by atoms with Crippen molar-refractivity contribution >= 4 is 46.0 Å². The highest BCUT2D eigenvalue weighted by Crippen LogP contribution is 2.37. The number of aromatic nitrogens is 1. The summed E-state index contributed by atoms with van der Waals surface area (Å²) in [5.41, 5.74) is 2.56. The summed E-state index contributed by atoms with van der Waals surface area (Å²) >= 11 is 3.38. The lowest BCUT2D eigenvalue weighted by Gasteiger charge is -2.25. The smallest absolute Gasteiger partial charge is 0.338 e. The van der Waals surface area contributed by atoms with Crippen LogP contribution < -0.4 is 33.8 Å². The number of halogens is 2. The van der Waals surface area contributed by atoms with E-state index >= 15 is 0 Å². The van der Waals surface area contributed by atoms with Gasteiger partial charge in [0.1, 0.15) is 12.4 Å². The molecule has 1 aromatic heterocycles. The summed E-state index contributed by atoms with van der Waals surface area (Å²) < 4.78 is 44.7. The maximum absolute atomic E-state index is 14.2. The fraction of sp³-hybridized carbons (Fsp3) is 0.286. The Morgan fingerprint density at radius 1 is 1.06 bits per heavy atom. The molecule has 0 unspecified atom stereocenters. The summed E-state index contributed by atoms with van der Waals surface area (Å²) in [6.07, 6.45) is 1.68. The van der Waals surface area contributed by atoms with E-state index in [-0.39, 0.29) is 36.3 Å². The molecular weight excluding hydrogens is 738 g/mol. The zero-order valence-electron chi connectivity index (χ0n) is 26.8. The van der Waals surface area contributed by atoms with Gasteiger partial charge in [0.2, 0.25) is 0 Å². The molecule has 47 heavy (non-hydrogen) atoms. The summed E-state index contributed by atoms with van der Waals surface area (Å²) in [7, 11) is 3.08. The Balaban J connectivity index is 1.59. The monoisotopic (exact) mass is 772 g/mol. The third kappa shape index (κ3) is 7.38. The van der Waals surface area contributed by atoms with Gasteiger partial charge in [-0.25, -0.2) is 14.2 Å². The molecule has 1 atom stereocenters. The Labute approximate surface area is 289 Å². The van der Waals surface area contributed by atoms with Crippen molar-refractivity contribution in [3.8, 4) is 23.0 Å². The van der Waals surface area contributed by atoms with Gasteiger partial charge in [0.15, 0.2) is 27.8 Å². The van der Waals surface area contributed by atoms with Crippen LogP contribution in [0.2, 0.25) is 0 Å². The van der Waals surface area contributed by atoms with Gasteiger partial charge in [0.25, 0.3) is 5.56 Å². The van der Waals surface area contributed by atoms with Crippen LogP contribution in [-0.2, 0) is 16.1 Å². The molecule has 0 N–H and O–H groups in total. The lowest BCUT2D eigenvalue weighted by Crippen LogP contribution is -2.40. The average Bonchev–Trinajstić information content (AvgIpc) is 3.34. The maximum Gasteiger partial charge on any atom is 0.338 e. The second kappa shape index (κ2) is 14.7.